The minimum Gasteiger partial charge on any atom is -0.494 e. The Morgan fingerprint density at radius 2 is 2.30 bits per heavy atom. The molecule has 1 aromatic carbocycles. The van der Waals surface area contributed by atoms with Crippen molar-refractivity contribution in [3.05, 3.63) is 38.8 Å². The molecular formula is C13H12FN3OS2. The van der Waals surface area contributed by atoms with Crippen LogP contribution in [0.3, 0.4) is 0 Å². The lowest BCUT2D eigenvalue weighted by atomic mass is 10.3. The van der Waals surface area contributed by atoms with E-state index in [9.17, 15) is 4.39 Å². The molecule has 7 heteroatoms. The maximum absolute atomic E-state index is 13.7. The highest BCUT2D eigenvalue weighted by Crippen LogP contribution is 2.25. The predicted molar refractivity (Wildman–Crippen MR) is 79.6 cm³/mol. The highest BCUT2D eigenvalue weighted by Gasteiger charge is 2.12. The van der Waals surface area contributed by atoms with Gasteiger partial charge in [0.05, 0.1) is 24.7 Å². The minimum atomic E-state index is -0.409. The van der Waals surface area contributed by atoms with Crippen LogP contribution in [-0.2, 0) is 6.54 Å². The first-order chi connectivity index (χ1) is 9.58. The van der Waals surface area contributed by atoms with Crippen LogP contribution in [0.5, 0.6) is 5.75 Å². The molecule has 0 aliphatic carbocycles. The van der Waals surface area contributed by atoms with E-state index < -0.39 is 5.82 Å². The monoisotopic (exact) mass is 309 g/mol. The quantitative estimate of drug-likeness (QED) is 0.751. The zero-order chi connectivity index (χ0) is 14.3. The van der Waals surface area contributed by atoms with Gasteiger partial charge in [0.2, 0.25) is 0 Å². The molecule has 0 saturated heterocycles. The van der Waals surface area contributed by atoms with E-state index in [1.54, 1.807) is 17.4 Å². The van der Waals surface area contributed by atoms with Gasteiger partial charge in [-0.25, -0.2) is 9.37 Å². The molecule has 3 rings (SSSR count). The van der Waals surface area contributed by atoms with Crippen molar-refractivity contribution in [1.82, 2.24) is 14.5 Å². The molecule has 4 nitrogen and oxygen atoms in total. The lowest BCUT2D eigenvalue weighted by molar-refractivity contribution is 0.387. The first kappa shape index (κ1) is 13.3. The summed E-state index contributed by atoms with van der Waals surface area (Å²) in [4.78, 5) is 8.48. The Morgan fingerprint density at radius 1 is 1.50 bits per heavy atom. The Bertz CT molecular complexity index is 834. The van der Waals surface area contributed by atoms with E-state index >= 15 is 0 Å². The summed E-state index contributed by atoms with van der Waals surface area (Å²) in [6.07, 6.45) is 1.83. The van der Waals surface area contributed by atoms with Crippen LogP contribution >= 0.6 is 23.6 Å². The Hall–Kier alpha value is -1.73. The number of aromatic nitrogens is 3. The van der Waals surface area contributed by atoms with Crippen LogP contribution in [-0.4, -0.2) is 21.6 Å². The van der Waals surface area contributed by atoms with E-state index in [4.69, 9.17) is 17.0 Å². The fraction of sp³-hybridized carbons (Fsp3) is 0.231. The highest BCUT2D eigenvalue weighted by atomic mass is 32.1. The Morgan fingerprint density at radius 3 is 2.95 bits per heavy atom. The van der Waals surface area contributed by atoms with Crippen LogP contribution in [0, 0.1) is 17.5 Å². The molecule has 0 spiro atoms. The third-order valence-corrected chi connectivity index (χ3v) is 4.23. The number of hydrogen-bond acceptors (Lipinski definition) is 4. The fourth-order valence-electron chi connectivity index (χ4n) is 2.08. The van der Waals surface area contributed by atoms with E-state index in [0.29, 0.717) is 16.8 Å². The molecule has 2 heterocycles. The zero-order valence-electron chi connectivity index (χ0n) is 10.9. The largest absolute Gasteiger partial charge is 0.494 e. The van der Waals surface area contributed by atoms with Crippen LogP contribution < -0.4 is 4.74 Å². The number of methoxy groups -OCH3 is 1. The van der Waals surface area contributed by atoms with E-state index in [1.165, 1.54) is 13.2 Å². The normalized spacial score (nSPS) is 11.2. The molecule has 3 aromatic rings. The summed E-state index contributed by atoms with van der Waals surface area (Å²) in [7, 11) is 1.44. The van der Waals surface area contributed by atoms with Crippen molar-refractivity contribution in [1.29, 1.82) is 0 Å². The number of rotatable bonds is 3. The van der Waals surface area contributed by atoms with Crippen molar-refractivity contribution in [3.63, 3.8) is 0 Å². The number of imidazole rings is 1. The Balaban J connectivity index is 2.14. The molecule has 2 aromatic heterocycles. The molecule has 1 N–H and O–H groups in total. The van der Waals surface area contributed by atoms with Crippen LogP contribution in [0.1, 0.15) is 9.88 Å². The zero-order valence-corrected chi connectivity index (χ0v) is 12.6. The van der Waals surface area contributed by atoms with Gasteiger partial charge >= 0.3 is 0 Å². The molecule has 0 saturated carbocycles. The second kappa shape index (κ2) is 4.99. The lowest BCUT2D eigenvalue weighted by Gasteiger charge is -2.05. The minimum absolute atomic E-state index is 0.204. The number of ether oxygens (including phenoxy) is 1. The number of H-pyrrole nitrogens is 1. The number of fused-ring (bicyclic) bond motifs is 1. The van der Waals surface area contributed by atoms with E-state index in [0.717, 1.165) is 15.4 Å². The summed E-state index contributed by atoms with van der Waals surface area (Å²) in [5, 5.41) is 0.961. The average molecular weight is 309 g/mol. The number of hydrogen-bond donors (Lipinski definition) is 1. The second-order valence-corrected chi connectivity index (χ2v) is 6.09. The van der Waals surface area contributed by atoms with Gasteiger partial charge < -0.3 is 14.3 Å². The number of thiazole rings is 1. The highest BCUT2D eigenvalue weighted by molar-refractivity contribution is 7.71. The maximum atomic E-state index is 13.7. The molecule has 0 aliphatic heterocycles. The summed E-state index contributed by atoms with van der Waals surface area (Å²) >= 11 is 6.92. The molecule has 0 aliphatic rings. The van der Waals surface area contributed by atoms with Crippen molar-refractivity contribution in [2.24, 2.45) is 0 Å². The van der Waals surface area contributed by atoms with Crippen molar-refractivity contribution in [2.75, 3.05) is 7.11 Å². The molecular weight excluding hydrogens is 297 g/mol. The first-order valence-corrected chi connectivity index (χ1v) is 7.18. The molecule has 104 valence electrons. The number of halogens is 1. The standard InChI is InChI=1S/C13H12FN3OS2/c1-7-5-15-12(20-7)6-17-10-4-11(18-2)8(14)3-9(10)16-13(17)19/h3-5H,6H2,1-2H3,(H,16,19). The Kier molecular flexibility index (Phi) is 3.31. The third-order valence-electron chi connectivity index (χ3n) is 3.01. The van der Waals surface area contributed by atoms with Gasteiger partial charge in [-0.2, -0.15) is 0 Å². The number of benzene rings is 1. The van der Waals surface area contributed by atoms with E-state index in [2.05, 4.69) is 9.97 Å². The van der Waals surface area contributed by atoms with Gasteiger partial charge in [-0.1, -0.05) is 0 Å². The smallest absolute Gasteiger partial charge is 0.178 e. The molecule has 0 unspecified atom stereocenters. The summed E-state index contributed by atoms with van der Waals surface area (Å²) in [6, 6.07) is 3.05. The summed E-state index contributed by atoms with van der Waals surface area (Å²) in [6.45, 7) is 2.57. The van der Waals surface area contributed by atoms with E-state index in [-0.39, 0.29) is 5.75 Å². The van der Waals surface area contributed by atoms with Gasteiger partial charge in [0.15, 0.2) is 16.3 Å². The molecule has 0 atom stereocenters. The fourth-order valence-corrected chi connectivity index (χ4v) is 3.13. The predicted octanol–water partition coefficient (Wildman–Crippen LogP) is 3.66. The average Bonchev–Trinajstić information content (AvgIpc) is 2.94. The van der Waals surface area contributed by atoms with Crippen LogP contribution in [0.4, 0.5) is 4.39 Å². The number of nitrogens with zero attached hydrogens (tertiary/aromatic N) is 2. The summed E-state index contributed by atoms with van der Waals surface area (Å²) < 4.78 is 21.2. The topological polar surface area (TPSA) is 42.8 Å². The molecule has 0 bridgehead atoms. The number of nitrogens with one attached hydrogen (secondary N) is 1. The Labute approximate surface area is 123 Å². The molecule has 0 radical (unpaired) electrons. The van der Waals surface area contributed by atoms with Crippen molar-refractivity contribution in [3.8, 4) is 5.75 Å². The summed E-state index contributed by atoms with van der Waals surface area (Å²) in [5.41, 5.74) is 1.46. The van der Waals surface area contributed by atoms with Crippen LogP contribution in [0.15, 0.2) is 18.3 Å². The van der Waals surface area contributed by atoms with Gasteiger partial charge in [-0.05, 0) is 19.1 Å². The molecule has 20 heavy (non-hydrogen) atoms. The van der Waals surface area contributed by atoms with Crippen molar-refractivity contribution < 1.29 is 9.13 Å². The maximum Gasteiger partial charge on any atom is 0.178 e. The van der Waals surface area contributed by atoms with Gasteiger partial charge in [0.25, 0.3) is 0 Å². The van der Waals surface area contributed by atoms with Crippen molar-refractivity contribution >= 4 is 34.6 Å². The second-order valence-electron chi connectivity index (χ2n) is 4.38. The molecule has 0 amide bonds. The van der Waals surface area contributed by atoms with Gasteiger partial charge in [0.1, 0.15) is 5.01 Å². The van der Waals surface area contributed by atoms with Crippen molar-refractivity contribution in [2.45, 2.75) is 13.5 Å². The van der Waals surface area contributed by atoms with Gasteiger partial charge in [0, 0.05) is 23.2 Å². The molecule has 0 fully saturated rings. The van der Waals surface area contributed by atoms with Crippen LogP contribution in [0.2, 0.25) is 0 Å². The summed E-state index contributed by atoms with van der Waals surface area (Å²) in [5.74, 6) is -0.205. The van der Waals surface area contributed by atoms with Gasteiger partial charge in [-0.3, -0.25) is 0 Å². The number of aryl methyl sites for hydroxylation is 1. The lowest BCUT2D eigenvalue weighted by Crippen LogP contribution is -1.99. The third kappa shape index (κ3) is 2.23. The van der Waals surface area contributed by atoms with Crippen LogP contribution in [0.25, 0.3) is 11.0 Å². The SMILES string of the molecule is COc1cc2c(cc1F)[nH]c(=S)n2Cc1ncc(C)s1. The number of aromatic amines is 1. The first-order valence-electron chi connectivity index (χ1n) is 5.96. The van der Waals surface area contributed by atoms with Gasteiger partial charge in [-0.15, -0.1) is 11.3 Å². The van der Waals surface area contributed by atoms with E-state index in [1.807, 2.05) is 17.7 Å².